The molecule has 6 nitrogen and oxygen atoms in total. The van der Waals surface area contributed by atoms with Crippen LogP contribution in [-0.2, 0) is 16.6 Å². The van der Waals surface area contributed by atoms with Crippen molar-refractivity contribution in [1.82, 2.24) is 20.2 Å². The number of aromatic nitrogens is 2. The van der Waals surface area contributed by atoms with Gasteiger partial charge in [0.1, 0.15) is 4.90 Å². The minimum absolute atomic E-state index is 0.00971. The lowest BCUT2D eigenvalue weighted by molar-refractivity contribution is 0.227. The third-order valence-corrected chi connectivity index (χ3v) is 6.28. The second kappa shape index (κ2) is 6.46. The van der Waals surface area contributed by atoms with Crippen LogP contribution >= 0.6 is 0 Å². The Morgan fingerprint density at radius 3 is 2.71 bits per heavy atom. The highest BCUT2D eigenvalue weighted by Gasteiger charge is 2.33. The van der Waals surface area contributed by atoms with Crippen LogP contribution in [0.2, 0.25) is 0 Å². The van der Waals surface area contributed by atoms with E-state index in [9.17, 15) is 8.42 Å². The molecule has 1 saturated carbocycles. The fourth-order valence-electron chi connectivity index (χ4n) is 3.12. The number of nitrogens with zero attached hydrogens (tertiary/aromatic N) is 1. The summed E-state index contributed by atoms with van der Waals surface area (Å²) in [5.41, 5.74) is 1.13. The third kappa shape index (κ3) is 3.46. The molecule has 0 spiro atoms. The Balaban J connectivity index is 2.24. The molecule has 0 bridgehead atoms. The minimum atomic E-state index is -3.54. The van der Waals surface area contributed by atoms with Crippen molar-refractivity contribution in [1.29, 1.82) is 0 Å². The first-order valence-corrected chi connectivity index (χ1v) is 9.06. The molecule has 1 heterocycles. The number of sulfonamides is 1. The van der Waals surface area contributed by atoms with Gasteiger partial charge >= 0.3 is 0 Å². The molecular weight excluding hydrogens is 288 g/mol. The molecule has 3 atom stereocenters. The highest BCUT2D eigenvalue weighted by molar-refractivity contribution is 7.89. The molecule has 0 radical (unpaired) electrons. The number of nitrogens with one attached hydrogen (secondary N) is 3. The van der Waals surface area contributed by atoms with Crippen LogP contribution in [0.5, 0.6) is 0 Å². The Morgan fingerprint density at radius 2 is 2.05 bits per heavy atom. The summed E-state index contributed by atoms with van der Waals surface area (Å²) in [6.07, 6.45) is 3.16. The van der Waals surface area contributed by atoms with Crippen LogP contribution < -0.4 is 10.0 Å². The molecule has 1 aliphatic carbocycles. The van der Waals surface area contributed by atoms with Crippen molar-refractivity contribution in [2.24, 2.45) is 11.8 Å². The molecule has 1 aromatic rings. The van der Waals surface area contributed by atoms with Crippen molar-refractivity contribution >= 4 is 10.0 Å². The van der Waals surface area contributed by atoms with E-state index in [0.29, 0.717) is 34.7 Å². The first-order valence-electron chi connectivity index (χ1n) is 7.57. The fourth-order valence-corrected chi connectivity index (χ4v) is 4.85. The lowest BCUT2D eigenvalue weighted by Crippen LogP contribution is -2.43. The average molecular weight is 314 g/mol. The van der Waals surface area contributed by atoms with Gasteiger partial charge in [-0.3, -0.25) is 5.10 Å². The maximum atomic E-state index is 12.7. The van der Waals surface area contributed by atoms with Gasteiger partial charge in [-0.15, -0.1) is 0 Å². The quantitative estimate of drug-likeness (QED) is 0.769. The second-order valence-electron chi connectivity index (χ2n) is 6.15. The van der Waals surface area contributed by atoms with Gasteiger partial charge in [0.15, 0.2) is 0 Å². The lowest BCUT2D eigenvalue weighted by Gasteiger charge is -2.34. The van der Waals surface area contributed by atoms with E-state index in [1.165, 1.54) is 6.42 Å². The number of H-pyrrole nitrogens is 1. The molecule has 0 aromatic carbocycles. The van der Waals surface area contributed by atoms with E-state index in [1.54, 1.807) is 14.0 Å². The normalized spacial score (nSPS) is 27.0. The van der Waals surface area contributed by atoms with E-state index < -0.39 is 10.0 Å². The highest BCUT2D eigenvalue weighted by Crippen LogP contribution is 2.31. The van der Waals surface area contributed by atoms with Crippen molar-refractivity contribution < 1.29 is 8.42 Å². The van der Waals surface area contributed by atoms with Gasteiger partial charge < -0.3 is 5.32 Å². The summed E-state index contributed by atoms with van der Waals surface area (Å²) in [5.74, 6) is 0.905. The van der Waals surface area contributed by atoms with Crippen LogP contribution in [0.25, 0.3) is 0 Å². The summed E-state index contributed by atoms with van der Waals surface area (Å²) in [4.78, 5) is 0.294. The molecule has 7 heteroatoms. The van der Waals surface area contributed by atoms with Crippen molar-refractivity contribution in [3.63, 3.8) is 0 Å². The van der Waals surface area contributed by atoms with Gasteiger partial charge in [-0.25, -0.2) is 13.1 Å². The number of hydrogen-bond donors (Lipinski definition) is 3. The Hall–Kier alpha value is -0.920. The molecule has 0 saturated heterocycles. The largest absolute Gasteiger partial charge is 0.314 e. The van der Waals surface area contributed by atoms with Crippen LogP contribution in [-0.4, -0.2) is 31.7 Å². The molecule has 1 aliphatic rings. The summed E-state index contributed by atoms with van der Waals surface area (Å²) in [6, 6.07) is 0.00971. The first-order chi connectivity index (χ1) is 9.86. The monoisotopic (exact) mass is 314 g/mol. The molecular formula is C14H26N4O2S. The number of aromatic amines is 1. The molecule has 120 valence electrons. The van der Waals surface area contributed by atoms with Gasteiger partial charge in [-0.05, 0) is 32.2 Å². The van der Waals surface area contributed by atoms with Crippen molar-refractivity contribution in [3.8, 4) is 0 Å². The first kappa shape index (κ1) is 16.5. The van der Waals surface area contributed by atoms with Crippen LogP contribution in [0.3, 0.4) is 0 Å². The minimum Gasteiger partial charge on any atom is -0.314 e. The van der Waals surface area contributed by atoms with Gasteiger partial charge in [0.2, 0.25) is 10.0 Å². The summed E-state index contributed by atoms with van der Waals surface area (Å²) in [7, 11) is -1.76. The van der Waals surface area contributed by atoms with Gasteiger partial charge in [0, 0.05) is 12.6 Å². The van der Waals surface area contributed by atoms with Gasteiger partial charge in [0.05, 0.1) is 11.4 Å². The predicted molar refractivity (Wildman–Crippen MR) is 82.4 cm³/mol. The Kier molecular flexibility index (Phi) is 5.06. The Bertz CT molecular complexity index is 582. The Labute approximate surface area is 127 Å². The lowest BCUT2D eigenvalue weighted by atomic mass is 9.78. The fraction of sp³-hybridized carbons (Fsp3) is 0.786. The maximum Gasteiger partial charge on any atom is 0.244 e. The van der Waals surface area contributed by atoms with E-state index in [4.69, 9.17) is 0 Å². The van der Waals surface area contributed by atoms with Crippen molar-refractivity contribution in [2.45, 2.75) is 57.5 Å². The molecule has 21 heavy (non-hydrogen) atoms. The average Bonchev–Trinajstić information content (AvgIpc) is 2.77. The second-order valence-corrected chi connectivity index (χ2v) is 7.80. The standard InChI is InChI=1S/C14H26N4O2S/c1-9-6-5-7-12(10(9)2)18-21(19,20)14-11(3)16-17-13(14)8-15-4/h9-10,12,15,18H,5-8H2,1-4H3,(H,16,17). The van der Waals surface area contributed by atoms with Gasteiger partial charge in [0.25, 0.3) is 0 Å². The number of hydrogen-bond acceptors (Lipinski definition) is 4. The van der Waals surface area contributed by atoms with Crippen LogP contribution in [0.4, 0.5) is 0 Å². The van der Waals surface area contributed by atoms with Crippen LogP contribution in [0.1, 0.15) is 44.5 Å². The zero-order valence-electron chi connectivity index (χ0n) is 13.2. The van der Waals surface area contributed by atoms with E-state index in [-0.39, 0.29) is 6.04 Å². The SMILES string of the molecule is CNCc1n[nH]c(C)c1S(=O)(=O)NC1CCCC(C)C1C. The van der Waals surface area contributed by atoms with Crippen LogP contribution in [0, 0.1) is 18.8 Å². The Morgan fingerprint density at radius 1 is 1.33 bits per heavy atom. The molecule has 0 amide bonds. The van der Waals surface area contributed by atoms with Crippen molar-refractivity contribution in [3.05, 3.63) is 11.4 Å². The molecule has 1 fully saturated rings. The van der Waals surface area contributed by atoms with Gasteiger partial charge in [-0.1, -0.05) is 26.7 Å². The number of rotatable bonds is 5. The predicted octanol–water partition coefficient (Wildman–Crippen LogP) is 1.54. The summed E-state index contributed by atoms with van der Waals surface area (Å²) in [6.45, 7) is 6.50. The zero-order valence-corrected chi connectivity index (χ0v) is 14.0. The molecule has 2 rings (SSSR count). The molecule has 1 aromatic heterocycles. The van der Waals surface area contributed by atoms with Crippen LogP contribution in [0.15, 0.2) is 4.90 Å². The zero-order chi connectivity index (χ0) is 15.6. The van der Waals surface area contributed by atoms with Gasteiger partial charge in [-0.2, -0.15) is 5.10 Å². The summed E-state index contributed by atoms with van der Waals surface area (Å²) >= 11 is 0. The van der Waals surface area contributed by atoms with E-state index in [0.717, 1.165) is 12.8 Å². The van der Waals surface area contributed by atoms with E-state index >= 15 is 0 Å². The van der Waals surface area contributed by atoms with Crippen molar-refractivity contribution in [2.75, 3.05) is 7.05 Å². The molecule has 3 N–H and O–H groups in total. The molecule has 3 unspecified atom stereocenters. The number of aryl methyl sites for hydroxylation is 1. The maximum absolute atomic E-state index is 12.7. The smallest absolute Gasteiger partial charge is 0.244 e. The van der Waals surface area contributed by atoms with E-state index in [2.05, 4.69) is 34.1 Å². The summed E-state index contributed by atoms with van der Waals surface area (Å²) < 4.78 is 28.4. The van der Waals surface area contributed by atoms with E-state index in [1.807, 2.05) is 0 Å². The highest BCUT2D eigenvalue weighted by atomic mass is 32.2. The summed E-state index contributed by atoms with van der Waals surface area (Å²) in [5, 5.41) is 9.82. The topological polar surface area (TPSA) is 86.9 Å². The molecule has 0 aliphatic heterocycles. The third-order valence-electron chi connectivity index (χ3n) is 4.59.